The second-order valence-electron chi connectivity index (χ2n) is 4.84. The summed E-state index contributed by atoms with van der Waals surface area (Å²) in [6.45, 7) is 2.01. The molecule has 0 aliphatic rings. The van der Waals surface area contributed by atoms with E-state index in [2.05, 4.69) is 4.98 Å². The van der Waals surface area contributed by atoms with E-state index in [0.29, 0.717) is 11.3 Å². The van der Waals surface area contributed by atoms with Gasteiger partial charge in [0.2, 0.25) is 0 Å². The summed E-state index contributed by atoms with van der Waals surface area (Å²) in [6.07, 6.45) is 2.90. The average Bonchev–Trinajstić information content (AvgIpc) is 3.02. The molecular formula is C17H13NO3. The summed E-state index contributed by atoms with van der Waals surface area (Å²) in [5, 5.41) is 9.28. The Morgan fingerprint density at radius 3 is 2.38 bits per heavy atom. The fourth-order valence-electron chi connectivity index (χ4n) is 2.16. The molecule has 104 valence electrons. The second kappa shape index (κ2) is 5.25. The van der Waals surface area contributed by atoms with Gasteiger partial charge in [0.1, 0.15) is 0 Å². The van der Waals surface area contributed by atoms with Crippen LogP contribution in [0.4, 0.5) is 0 Å². The molecule has 0 aliphatic heterocycles. The van der Waals surface area contributed by atoms with Crippen LogP contribution in [0.1, 0.15) is 15.9 Å². The van der Waals surface area contributed by atoms with Crippen LogP contribution in [-0.4, -0.2) is 16.1 Å². The zero-order chi connectivity index (χ0) is 14.8. The average molecular weight is 279 g/mol. The van der Waals surface area contributed by atoms with Crippen LogP contribution in [0.25, 0.3) is 22.5 Å². The molecule has 0 bridgehead atoms. The van der Waals surface area contributed by atoms with Crippen LogP contribution in [0.2, 0.25) is 0 Å². The molecule has 1 aromatic heterocycles. The molecule has 0 amide bonds. The molecule has 0 spiro atoms. The van der Waals surface area contributed by atoms with Crippen molar-refractivity contribution < 1.29 is 14.3 Å². The van der Waals surface area contributed by atoms with Crippen molar-refractivity contribution in [2.75, 3.05) is 0 Å². The van der Waals surface area contributed by atoms with Gasteiger partial charge in [-0.2, -0.15) is 0 Å². The maximum absolute atomic E-state index is 11.3. The Bertz CT molecular complexity index is 774. The minimum Gasteiger partial charge on any atom is -0.478 e. The van der Waals surface area contributed by atoms with Crippen LogP contribution in [0, 0.1) is 6.92 Å². The molecular weight excluding hydrogens is 266 g/mol. The minimum atomic E-state index is -0.968. The predicted molar refractivity (Wildman–Crippen MR) is 79.1 cm³/mol. The lowest BCUT2D eigenvalue weighted by atomic mass is 9.98. The van der Waals surface area contributed by atoms with Crippen LogP contribution < -0.4 is 0 Å². The van der Waals surface area contributed by atoms with Gasteiger partial charge in [-0.05, 0) is 36.2 Å². The summed E-state index contributed by atoms with van der Waals surface area (Å²) in [5.74, 6) is -0.420. The molecule has 4 nitrogen and oxygen atoms in total. The molecule has 3 aromatic rings. The normalized spacial score (nSPS) is 10.5. The lowest BCUT2D eigenvalue weighted by molar-refractivity contribution is 0.0697. The Kier molecular flexibility index (Phi) is 3.28. The number of nitrogens with zero attached hydrogens (tertiary/aromatic N) is 1. The molecule has 0 saturated carbocycles. The SMILES string of the molecule is Cc1ccc(-c2cc(C(=O)O)cc(-c3cnco3)c2)cc1. The predicted octanol–water partition coefficient (Wildman–Crippen LogP) is 4.02. The zero-order valence-electron chi connectivity index (χ0n) is 11.4. The van der Waals surface area contributed by atoms with Gasteiger partial charge in [-0.3, -0.25) is 0 Å². The van der Waals surface area contributed by atoms with E-state index in [4.69, 9.17) is 4.42 Å². The third kappa shape index (κ3) is 2.69. The van der Waals surface area contributed by atoms with Crippen molar-refractivity contribution >= 4 is 5.97 Å². The molecule has 2 aromatic carbocycles. The van der Waals surface area contributed by atoms with Crippen LogP contribution >= 0.6 is 0 Å². The Balaban J connectivity index is 2.16. The van der Waals surface area contributed by atoms with E-state index < -0.39 is 5.97 Å². The van der Waals surface area contributed by atoms with Crippen molar-refractivity contribution in [1.29, 1.82) is 0 Å². The number of rotatable bonds is 3. The molecule has 1 heterocycles. The van der Waals surface area contributed by atoms with Gasteiger partial charge in [0.05, 0.1) is 11.8 Å². The Morgan fingerprint density at radius 2 is 1.76 bits per heavy atom. The van der Waals surface area contributed by atoms with Gasteiger partial charge in [-0.1, -0.05) is 29.8 Å². The molecule has 0 radical (unpaired) electrons. The van der Waals surface area contributed by atoms with E-state index in [9.17, 15) is 9.90 Å². The molecule has 3 rings (SSSR count). The number of oxazole rings is 1. The van der Waals surface area contributed by atoms with Gasteiger partial charge in [0.25, 0.3) is 0 Å². The second-order valence-corrected chi connectivity index (χ2v) is 4.84. The summed E-state index contributed by atoms with van der Waals surface area (Å²) in [7, 11) is 0. The minimum absolute atomic E-state index is 0.222. The molecule has 21 heavy (non-hydrogen) atoms. The van der Waals surface area contributed by atoms with Crippen LogP contribution in [0.15, 0.2) is 59.5 Å². The topological polar surface area (TPSA) is 63.3 Å². The van der Waals surface area contributed by atoms with E-state index >= 15 is 0 Å². The summed E-state index contributed by atoms with van der Waals surface area (Å²) >= 11 is 0. The highest BCUT2D eigenvalue weighted by Gasteiger charge is 2.11. The van der Waals surface area contributed by atoms with E-state index in [1.54, 1.807) is 18.3 Å². The van der Waals surface area contributed by atoms with Crippen molar-refractivity contribution in [3.8, 4) is 22.5 Å². The molecule has 0 fully saturated rings. The lowest BCUT2D eigenvalue weighted by Gasteiger charge is -2.07. The summed E-state index contributed by atoms with van der Waals surface area (Å²) in [4.78, 5) is 15.2. The van der Waals surface area contributed by atoms with Crippen LogP contribution in [0.5, 0.6) is 0 Å². The summed E-state index contributed by atoms with van der Waals surface area (Å²) in [5.41, 5.74) is 3.87. The van der Waals surface area contributed by atoms with Crippen molar-refractivity contribution in [1.82, 2.24) is 4.98 Å². The first-order valence-corrected chi connectivity index (χ1v) is 6.48. The Morgan fingerprint density at radius 1 is 1.05 bits per heavy atom. The number of aromatic carboxylic acids is 1. The zero-order valence-corrected chi connectivity index (χ0v) is 11.4. The first kappa shape index (κ1) is 13.1. The molecule has 1 N–H and O–H groups in total. The molecule has 0 saturated heterocycles. The first-order valence-electron chi connectivity index (χ1n) is 6.48. The number of carboxylic acids is 1. The van der Waals surface area contributed by atoms with Gasteiger partial charge in [0, 0.05) is 5.56 Å². The van der Waals surface area contributed by atoms with Gasteiger partial charge in [0.15, 0.2) is 12.2 Å². The quantitative estimate of drug-likeness (QED) is 0.786. The molecule has 0 aliphatic carbocycles. The number of hydrogen-bond donors (Lipinski definition) is 1. The van der Waals surface area contributed by atoms with E-state index in [-0.39, 0.29) is 5.56 Å². The highest BCUT2D eigenvalue weighted by Crippen LogP contribution is 2.28. The smallest absolute Gasteiger partial charge is 0.335 e. The highest BCUT2D eigenvalue weighted by atomic mass is 16.4. The third-order valence-electron chi connectivity index (χ3n) is 3.28. The van der Waals surface area contributed by atoms with Crippen molar-refractivity contribution in [3.05, 3.63) is 66.2 Å². The third-order valence-corrected chi connectivity index (χ3v) is 3.28. The number of aromatic nitrogens is 1. The van der Waals surface area contributed by atoms with Gasteiger partial charge >= 0.3 is 5.97 Å². The monoisotopic (exact) mass is 279 g/mol. The maximum Gasteiger partial charge on any atom is 0.335 e. The lowest BCUT2D eigenvalue weighted by Crippen LogP contribution is -1.97. The van der Waals surface area contributed by atoms with E-state index in [1.807, 2.05) is 37.3 Å². The van der Waals surface area contributed by atoms with Crippen molar-refractivity contribution in [2.24, 2.45) is 0 Å². The summed E-state index contributed by atoms with van der Waals surface area (Å²) < 4.78 is 5.26. The molecule has 0 atom stereocenters. The summed E-state index contributed by atoms with van der Waals surface area (Å²) in [6, 6.07) is 13.1. The highest BCUT2D eigenvalue weighted by molar-refractivity contribution is 5.91. The fraction of sp³-hybridized carbons (Fsp3) is 0.0588. The number of carbonyl (C=O) groups is 1. The van der Waals surface area contributed by atoms with Crippen LogP contribution in [0.3, 0.4) is 0 Å². The van der Waals surface area contributed by atoms with Gasteiger partial charge in [-0.15, -0.1) is 0 Å². The van der Waals surface area contributed by atoms with Crippen LogP contribution in [-0.2, 0) is 0 Å². The Hall–Kier alpha value is -2.88. The van der Waals surface area contributed by atoms with Crippen molar-refractivity contribution in [3.63, 3.8) is 0 Å². The Labute approximate surface area is 121 Å². The van der Waals surface area contributed by atoms with E-state index in [0.717, 1.165) is 16.7 Å². The maximum atomic E-state index is 11.3. The standard InChI is InChI=1S/C17H13NO3/c1-11-2-4-12(5-3-11)13-6-14(16-9-18-10-21-16)8-15(7-13)17(19)20/h2-10H,1H3,(H,19,20). The first-order chi connectivity index (χ1) is 10.1. The largest absolute Gasteiger partial charge is 0.478 e. The van der Waals surface area contributed by atoms with Gasteiger partial charge in [-0.25, -0.2) is 9.78 Å². The number of hydrogen-bond acceptors (Lipinski definition) is 3. The number of aryl methyl sites for hydroxylation is 1. The number of benzene rings is 2. The molecule has 0 unspecified atom stereocenters. The van der Waals surface area contributed by atoms with E-state index in [1.165, 1.54) is 6.39 Å². The number of carboxylic acid groups (broad SMARTS) is 1. The fourth-order valence-corrected chi connectivity index (χ4v) is 2.16. The van der Waals surface area contributed by atoms with Crippen molar-refractivity contribution in [2.45, 2.75) is 6.92 Å². The molecule has 4 heteroatoms. The van der Waals surface area contributed by atoms with Gasteiger partial charge < -0.3 is 9.52 Å².